The van der Waals surface area contributed by atoms with Gasteiger partial charge in [0, 0.05) is 59.1 Å². The van der Waals surface area contributed by atoms with Gasteiger partial charge in [-0.1, -0.05) is 11.6 Å². The number of nitrogens with zero attached hydrogens (tertiary/aromatic N) is 3. The third-order valence-electron chi connectivity index (χ3n) is 3.77. The summed E-state index contributed by atoms with van der Waals surface area (Å²) in [5, 5.41) is 1.97. The van der Waals surface area contributed by atoms with E-state index in [4.69, 9.17) is 11.6 Å². The molecule has 1 aliphatic heterocycles. The minimum absolute atomic E-state index is 0.771. The lowest BCUT2D eigenvalue weighted by atomic mass is 10.0. The molecule has 4 nitrogen and oxygen atoms in total. The number of fused-ring (bicyclic) bond motifs is 3. The zero-order chi connectivity index (χ0) is 13.5. The molecular weight excluding hydrogens is 272 g/mol. The predicted octanol–water partition coefficient (Wildman–Crippen LogP) is 3.17. The number of hydrogen-bond acceptors (Lipinski definition) is 3. The van der Waals surface area contributed by atoms with Gasteiger partial charge in [-0.3, -0.25) is 0 Å². The van der Waals surface area contributed by atoms with E-state index in [1.54, 1.807) is 12.4 Å². The van der Waals surface area contributed by atoms with Crippen LogP contribution in [0.5, 0.6) is 0 Å². The molecule has 0 spiro atoms. The molecule has 5 heteroatoms. The van der Waals surface area contributed by atoms with Gasteiger partial charge in [-0.05, 0) is 24.3 Å². The Hall–Kier alpha value is -2.07. The van der Waals surface area contributed by atoms with E-state index in [1.165, 1.54) is 16.6 Å². The SMILES string of the molecule is Clc1ccc2[nH]c3c(c2c1)CN(c1ncccn1)CC3. The van der Waals surface area contributed by atoms with Crippen LogP contribution in [0, 0.1) is 0 Å². The van der Waals surface area contributed by atoms with Crippen LogP contribution in [0.15, 0.2) is 36.7 Å². The molecule has 20 heavy (non-hydrogen) atoms. The van der Waals surface area contributed by atoms with E-state index in [1.807, 2.05) is 24.3 Å². The summed E-state index contributed by atoms with van der Waals surface area (Å²) in [5.41, 5.74) is 3.76. The summed E-state index contributed by atoms with van der Waals surface area (Å²) in [4.78, 5) is 14.4. The molecule has 0 amide bonds. The molecule has 0 saturated heterocycles. The van der Waals surface area contributed by atoms with E-state index >= 15 is 0 Å². The van der Waals surface area contributed by atoms with Crippen molar-refractivity contribution in [2.45, 2.75) is 13.0 Å². The number of aromatic nitrogens is 3. The second-order valence-electron chi connectivity index (χ2n) is 4.99. The highest BCUT2D eigenvalue weighted by atomic mass is 35.5. The van der Waals surface area contributed by atoms with Gasteiger partial charge in [0.2, 0.25) is 5.95 Å². The van der Waals surface area contributed by atoms with E-state index in [9.17, 15) is 0 Å². The summed E-state index contributed by atoms with van der Waals surface area (Å²) >= 11 is 6.12. The van der Waals surface area contributed by atoms with Crippen molar-refractivity contribution in [2.24, 2.45) is 0 Å². The van der Waals surface area contributed by atoms with Crippen LogP contribution in [0.2, 0.25) is 5.02 Å². The van der Waals surface area contributed by atoms with Gasteiger partial charge in [0.1, 0.15) is 0 Å². The van der Waals surface area contributed by atoms with Gasteiger partial charge in [0.15, 0.2) is 0 Å². The second-order valence-corrected chi connectivity index (χ2v) is 5.43. The fraction of sp³-hybridized carbons (Fsp3) is 0.200. The number of benzene rings is 1. The summed E-state index contributed by atoms with van der Waals surface area (Å²) in [7, 11) is 0. The summed E-state index contributed by atoms with van der Waals surface area (Å²) in [5.74, 6) is 0.787. The first kappa shape index (κ1) is 11.7. The van der Waals surface area contributed by atoms with Crippen LogP contribution in [0.1, 0.15) is 11.3 Å². The lowest BCUT2D eigenvalue weighted by Crippen LogP contribution is -2.31. The molecule has 1 aliphatic rings. The fourth-order valence-electron chi connectivity index (χ4n) is 2.81. The summed E-state index contributed by atoms with van der Waals surface area (Å²) < 4.78 is 0. The average Bonchev–Trinajstić information content (AvgIpc) is 2.85. The molecule has 0 bridgehead atoms. The third kappa shape index (κ3) is 1.84. The topological polar surface area (TPSA) is 44.8 Å². The molecule has 4 rings (SSSR count). The first-order chi connectivity index (χ1) is 9.81. The minimum Gasteiger partial charge on any atom is -0.358 e. The lowest BCUT2D eigenvalue weighted by Gasteiger charge is -2.27. The van der Waals surface area contributed by atoms with Crippen LogP contribution in [-0.2, 0) is 13.0 Å². The summed E-state index contributed by atoms with van der Waals surface area (Å²) in [6, 6.07) is 7.83. The van der Waals surface area contributed by atoms with Crippen LogP contribution in [0.4, 0.5) is 5.95 Å². The average molecular weight is 285 g/mol. The Labute approximate surface area is 121 Å². The fourth-order valence-corrected chi connectivity index (χ4v) is 2.98. The van der Waals surface area contributed by atoms with Crippen LogP contribution in [-0.4, -0.2) is 21.5 Å². The Balaban J connectivity index is 1.78. The minimum atomic E-state index is 0.771. The van der Waals surface area contributed by atoms with Crippen molar-refractivity contribution in [3.63, 3.8) is 0 Å². The Bertz CT molecular complexity index is 766. The van der Waals surface area contributed by atoms with Crippen LogP contribution >= 0.6 is 11.6 Å². The summed E-state index contributed by atoms with van der Waals surface area (Å²) in [6.45, 7) is 1.75. The Kier molecular flexibility index (Phi) is 2.63. The van der Waals surface area contributed by atoms with E-state index in [2.05, 4.69) is 19.9 Å². The molecule has 3 aromatic rings. The highest BCUT2D eigenvalue weighted by molar-refractivity contribution is 6.31. The molecule has 1 aromatic carbocycles. The largest absolute Gasteiger partial charge is 0.358 e. The van der Waals surface area contributed by atoms with Gasteiger partial charge in [-0.15, -0.1) is 0 Å². The smallest absolute Gasteiger partial charge is 0.225 e. The van der Waals surface area contributed by atoms with Crippen LogP contribution in [0.3, 0.4) is 0 Å². The second kappa shape index (κ2) is 4.49. The van der Waals surface area contributed by atoms with E-state index in [-0.39, 0.29) is 0 Å². The van der Waals surface area contributed by atoms with Gasteiger partial charge in [-0.2, -0.15) is 0 Å². The standard InChI is InChI=1S/C15H13ClN4/c16-10-2-3-13-11(8-10)12-9-20(7-4-14(12)19-13)15-17-5-1-6-18-15/h1-3,5-6,8,19H,4,7,9H2. The van der Waals surface area contributed by atoms with Gasteiger partial charge in [0.05, 0.1) is 0 Å². The molecule has 0 radical (unpaired) electrons. The normalized spacial score (nSPS) is 14.6. The quantitative estimate of drug-likeness (QED) is 0.746. The first-order valence-corrected chi connectivity index (χ1v) is 7.00. The van der Waals surface area contributed by atoms with Crippen molar-refractivity contribution in [3.05, 3.63) is 52.9 Å². The maximum Gasteiger partial charge on any atom is 0.225 e. The molecule has 100 valence electrons. The van der Waals surface area contributed by atoms with Crippen molar-refractivity contribution in [1.82, 2.24) is 15.0 Å². The lowest BCUT2D eigenvalue weighted by molar-refractivity contribution is 0.703. The number of H-pyrrole nitrogens is 1. The Morgan fingerprint density at radius 2 is 2.05 bits per heavy atom. The van der Waals surface area contributed by atoms with E-state index in [0.29, 0.717) is 0 Å². The molecular formula is C15H13ClN4. The molecule has 3 heterocycles. The van der Waals surface area contributed by atoms with Crippen LogP contribution < -0.4 is 4.90 Å². The zero-order valence-corrected chi connectivity index (χ0v) is 11.6. The van der Waals surface area contributed by atoms with Crippen molar-refractivity contribution >= 4 is 28.5 Å². The highest BCUT2D eigenvalue weighted by Crippen LogP contribution is 2.30. The van der Waals surface area contributed by atoms with E-state index in [0.717, 1.165) is 36.0 Å². The number of rotatable bonds is 1. The van der Waals surface area contributed by atoms with E-state index < -0.39 is 0 Å². The third-order valence-corrected chi connectivity index (χ3v) is 4.01. The number of nitrogens with one attached hydrogen (secondary N) is 1. The van der Waals surface area contributed by atoms with Crippen molar-refractivity contribution in [2.75, 3.05) is 11.4 Å². The molecule has 0 aliphatic carbocycles. The summed E-state index contributed by atoms with van der Waals surface area (Å²) in [6.07, 6.45) is 4.54. The van der Waals surface area contributed by atoms with Crippen molar-refractivity contribution in [1.29, 1.82) is 0 Å². The number of anilines is 1. The predicted molar refractivity (Wildman–Crippen MR) is 80.1 cm³/mol. The number of hydrogen-bond donors (Lipinski definition) is 1. The van der Waals surface area contributed by atoms with Crippen molar-refractivity contribution < 1.29 is 0 Å². The van der Waals surface area contributed by atoms with Gasteiger partial charge in [-0.25, -0.2) is 9.97 Å². The molecule has 0 atom stereocenters. The first-order valence-electron chi connectivity index (χ1n) is 6.62. The van der Waals surface area contributed by atoms with Gasteiger partial charge in [0.25, 0.3) is 0 Å². The molecule has 0 fully saturated rings. The Morgan fingerprint density at radius 3 is 2.90 bits per heavy atom. The molecule has 1 N–H and O–H groups in total. The number of aromatic amines is 1. The van der Waals surface area contributed by atoms with Crippen LogP contribution in [0.25, 0.3) is 10.9 Å². The maximum atomic E-state index is 6.12. The van der Waals surface area contributed by atoms with Crippen molar-refractivity contribution in [3.8, 4) is 0 Å². The molecule has 0 saturated carbocycles. The monoisotopic (exact) mass is 284 g/mol. The molecule has 0 unspecified atom stereocenters. The molecule has 2 aromatic heterocycles. The number of halogens is 1. The van der Waals surface area contributed by atoms with Gasteiger partial charge >= 0.3 is 0 Å². The van der Waals surface area contributed by atoms with Gasteiger partial charge < -0.3 is 9.88 Å². The zero-order valence-electron chi connectivity index (χ0n) is 10.8. The Morgan fingerprint density at radius 1 is 1.20 bits per heavy atom. The maximum absolute atomic E-state index is 6.12. The highest BCUT2D eigenvalue weighted by Gasteiger charge is 2.22.